The molecule has 2 aromatic rings. The highest BCUT2D eigenvalue weighted by molar-refractivity contribution is 7.89. The van der Waals surface area contributed by atoms with E-state index < -0.39 is 10.0 Å². The van der Waals surface area contributed by atoms with Gasteiger partial charge >= 0.3 is 0 Å². The van der Waals surface area contributed by atoms with Crippen molar-refractivity contribution < 1.29 is 8.42 Å². The van der Waals surface area contributed by atoms with Gasteiger partial charge in [0.1, 0.15) is 0 Å². The predicted molar refractivity (Wildman–Crippen MR) is 85.5 cm³/mol. The van der Waals surface area contributed by atoms with Gasteiger partial charge in [0, 0.05) is 36.6 Å². The van der Waals surface area contributed by atoms with Crippen molar-refractivity contribution in [3.63, 3.8) is 0 Å². The first kappa shape index (κ1) is 15.1. The second kappa shape index (κ2) is 6.10. The summed E-state index contributed by atoms with van der Waals surface area (Å²) in [5, 5.41) is 7.08. The number of aromatic amines is 1. The number of rotatable bonds is 4. The number of anilines is 1. The largest absolute Gasteiger partial charge is 0.371 e. The van der Waals surface area contributed by atoms with Crippen LogP contribution < -0.4 is 9.62 Å². The van der Waals surface area contributed by atoms with E-state index in [2.05, 4.69) is 19.8 Å². The Balaban J connectivity index is 1.76. The third kappa shape index (κ3) is 3.00. The Hall–Kier alpha value is -1.86. The van der Waals surface area contributed by atoms with Gasteiger partial charge in [0.05, 0.1) is 4.90 Å². The molecule has 1 aromatic carbocycles. The molecule has 0 radical (unpaired) electrons. The lowest BCUT2D eigenvalue weighted by Gasteiger charge is -2.34. The number of nitrogens with zero attached hydrogens (tertiary/aromatic N) is 2. The second-order valence-corrected chi connectivity index (χ2v) is 7.39. The Labute approximate surface area is 130 Å². The summed E-state index contributed by atoms with van der Waals surface area (Å²) in [6.45, 7) is 1.91. The average molecular weight is 320 g/mol. The lowest BCUT2D eigenvalue weighted by atomic mass is 9.94. The minimum Gasteiger partial charge on any atom is -0.371 e. The number of piperidine rings is 1. The average Bonchev–Trinajstić information content (AvgIpc) is 3.10. The van der Waals surface area contributed by atoms with Crippen molar-refractivity contribution in [2.75, 3.05) is 25.0 Å². The molecule has 7 heteroatoms. The summed E-state index contributed by atoms with van der Waals surface area (Å²) in [4.78, 5) is 2.59. The Morgan fingerprint density at radius 2 is 2.05 bits per heavy atom. The maximum atomic E-state index is 11.8. The topological polar surface area (TPSA) is 78.1 Å². The zero-order valence-corrected chi connectivity index (χ0v) is 13.3. The SMILES string of the molecule is CNS(=O)(=O)c1ccc(N2CCCC(c3ccn[nH]3)C2)cc1. The van der Waals surface area contributed by atoms with Crippen molar-refractivity contribution >= 4 is 15.7 Å². The van der Waals surface area contributed by atoms with Gasteiger partial charge in [-0.3, -0.25) is 5.10 Å². The Morgan fingerprint density at radius 3 is 2.68 bits per heavy atom. The molecule has 0 amide bonds. The number of sulfonamides is 1. The fraction of sp³-hybridized carbons (Fsp3) is 0.400. The summed E-state index contributed by atoms with van der Waals surface area (Å²) >= 11 is 0. The van der Waals surface area contributed by atoms with Crippen LogP contribution in [0.2, 0.25) is 0 Å². The smallest absolute Gasteiger partial charge is 0.240 e. The molecule has 1 saturated heterocycles. The van der Waals surface area contributed by atoms with E-state index in [4.69, 9.17) is 0 Å². The fourth-order valence-corrected chi connectivity index (χ4v) is 3.64. The minimum absolute atomic E-state index is 0.292. The highest BCUT2D eigenvalue weighted by Crippen LogP contribution is 2.29. The molecule has 3 rings (SSSR count). The summed E-state index contributed by atoms with van der Waals surface area (Å²) in [6.07, 6.45) is 4.04. The van der Waals surface area contributed by atoms with Gasteiger partial charge in [-0.2, -0.15) is 5.10 Å². The standard InChI is InChI=1S/C15H20N4O2S/c1-16-22(20,21)14-6-4-13(5-7-14)19-10-2-3-12(11-19)15-8-9-17-18-15/h4-9,12,16H,2-3,10-11H2,1H3,(H,17,18). The lowest BCUT2D eigenvalue weighted by molar-refractivity contribution is 0.501. The van der Waals surface area contributed by atoms with Crippen molar-refractivity contribution in [2.24, 2.45) is 0 Å². The quantitative estimate of drug-likeness (QED) is 0.899. The molecule has 22 heavy (non-hydrogen) atoms. The summed E-state index contributed by atoms with van der Waals surface area (Å²) in [5.41, 5.74) is 2.22. The fourth-order valence-electron chi connectivity index (χ4n) is 2.91. The molecular formula is C15H20N4O2S. The molecule has 1 unspecified atom stereocenters. The zero-order valence-electron chi connectivity index (χ0n) is 12.5. The van der Waals surface area contributed by atoms with E-state index in [1.807, 2.05) is 18.2 Å². The molecule has 1 atom stereocenters. The molecule has 0 aliphatic carbocycles. The molecule has 0 saturated carbocycles. The third-order valence-electron chi connectivity index (χ3n) is 4.16. The van der Waals surface area contributed by atoms with Gasteiger partial charge in [0.2, 0.25) is 10.0 Å². The van der Waals surface area contributed by atoms with E-state index in [9.17, 15) is 8.42 Å². The van der Waals surface area contributed by atoms with Crippen LogP contribution in [0.3, 0.4) is 0 Å². The number of hydrogen-bond acceptors (Lipinski definition) is 4. The molecule has 2 N–H and O–H groups in total. The van der Waals surface area contributed by atoms with Crippen LogP contribution in [0.1, 0.15) is 24.5 Å². The molecule has 1 aliphatic rings. The van der Waals surface area contributed by atoms with Gasteiger partial charge in [-0.1, -0.05) is 0 Å². The van der Waals surface area contributed by atoms with Gasteiger partial charge < -0.3 is 4.90 Å². The number of hydrogen-bond donors (Lipinski definition) is 2. The maximum absolute atomic E-state index is 11.8. The van der Waals surface area contributed by atoms with Crippen molar-refractivity contribution in [2.45, 2.75) is 23.7 Å². The number of aromatic nitrogens is 2. The summed E-state index contributed by atoms with van der Waals surface area (Å²) < 4.78 is 25.9. The summed E-state index contributed by atoms with van der Waals surface area (Å²) in [6, 6.07) is 9.08. The summed E-state index contributed by atoms with van der Waals surface area (Å²) in [5.74, 6) is 0.442. The van der Waals surface area contributed by atoms with Gasteiger partial charge in [0.25, 0.3) is 0 Å². The van der Waals surface area contributed by atoms with Crippen molar-refractivity contribution in [1.82, 2.24) is 14.9 Å². The van der Waals surface area contributed by atoms with Gasteiger partial charge in [-0.15, -0.1) is 0 Å². The van der Waals surface area contributed by atoms with Crippen LogP contribution >= 0.6 is 0 Å². The van der Waals surface area contributed by atoms with E-state index in [0.29, 0.717) is 10.8 Å². The van der Waals surface area contributed by atoms with Gasteiger partial charge in [-0.05, 0) is 50.2 Å². The Kier molecular flexibility index (Phi) is 4.17. The lowest BCUT2D eigenvalue weighted by Crippen LogP contribution is -2.34. The van der Waals surface area contributed by atoms with Crippen LogP contribution in [-0.4, -0.2) is 38.8 Å². The van der Waals surface area contributed by atoms with E-state index in [0.717, 1.165) is 31.6 Å². The molecule has 1 aliphatic heterocycles. The highest BCUT2D eigenvalue weighted by Gasteiger charge is 2.22. The first-order valence-electron chi connectivity index (χ1n) is 7.38. The molecule has 118 valence electrons. The monoisotopic (exact) mass is 320 g/mol. The Bertz CT molecular complexity index is 711. The maximum Gasteiger partial charge on any atom is 0.240 e. The van der Waals surface area contributed by atoms with Crippen LogP contribution in [0.4, 0.5) is 5.69 Å². The minimum atomic E-state index is -3.37. The Morgan fingerprint density at radius 1 is 1.27 bits per heavy atom. The first-order valence-corrected chi connectivity index (χ1v) is 8.86. The number of nitrogens with one attached hydrogen (secondary N) is 2. The molecule has 2 heterocycles. The molecule has 1 fully saturated rings. The third-order valence-corrected chi connectivity index (χ3v) is 5.59. The first-order chi connectivity index (χ1) is 10.6. The van der Waals surface area contributed by atoms with Crippen molar-refractivity contribution in [3.05, 3.63) is 42.2 Å². The molecule has 0 bridgehead atoms. The van der Waals surface area contributed by atoms with Gasteiger partial charge in [-0.25, -0.2) is 13.1 Å². The van der Waals surface area contributed by atoms with E-state index in [1.165, 1.54) is 12.7 Å². The summed E-state index contributed by atoms with van der Waals surface area (Å²) in [7, 11) is -1.95. The van der Waals surface area contributed by atoms with Crippen LogP contribution in [-0.2, 0) is 10.0 Å². The molecular weight excluding hydrogens is 300 g/mol. The van der Waals surface area contributed by atoms with E-state index >= 15 is 0 Å². The van der Waals surface area contributed by atoms with E-state index in [-0.39, 0.29) is 0 Å². The van der Waals surface area contributed by atoms with Crippen LogP contribution in [0, 0.1) is 0 Å². The molecule has 1 aromatic heterocycles. The predicted octanol–water partition coefficient (Wildman–Crippen LogP) is 1.70. The van der Waals surface area contributed by atoms with Crippen LogP contribution in [0.25, 0.3) is 0 Å². The number of benzene rings is 1. The van der Waals surface area contributed by atoms with E-state index in [1.54, 1.807) is 18.3 Å². The molecule has 0 spiro atoms. The van der Waals surface area contributed by atoms with Crippen molar-refractivity contribution in [3.8, 4) is 0 Å². The van der Waals surface area contributed by atoms with Crippen LogP contribution in [0.5, 0.6) is 0 Å². The van der Waals surface area contributed by atoms with Crippen molar-refractivity contribution in [1.29, 1.82) is 0 Å². The molecule has 6 nitrogen and oxygen atoms in total. The highest BCUT2D eigenvalue weighted by atomic mass is 32.2. The second-order valence-electron chi connectivity index (χ2n) is 5.50. The van der Waals surface area contributed by atoms with Crippen LogP contribution in [0.15, 0.2) is 41.4 Å². The zero-order chi connectivity index (χ0) is 15.6. The normalized spacial score (nSPS) is 19.3. The number of H-pyrrole nitrogens is 1. The van der Waals surface area contributed by atoms with Gasteiger partial charge in [0.15, 0.2) is 0 Å².